The lowest BCUT2D eigenvalue weighted by molar-refractivity contribution is 0.000578. The average molecular weight is 234 g/mol. The Balaban J connectivity index is 2.70. The SMILES string of the molecule is CCOC(C)(C)CNc1nc(C)cc(C#N)n1. The Bertz CT molecular complexity index is 423. The fourth-order valence-corrected chi connectivity index (χ4v) is 1.44. The normalized spacial score (nSPS) is 11.0. The van der Waals surface area contributed by atoms with Crippen LogP contribution in [0.15, 0.2) is 6.07 Å². The summed E-state index contributed by atoms with van der Waals surface area (Å²) in [5.41, 5.74) is 0.858. The molecule has 0 atom stereocenters. The Hall–Kier alpha value is -1.67. The summed E-state index contributed by atoms with van der Waals surface area (Å²) in [4.78, 5) is 8.29. The minimum Gasteiger partial charge on any atom is -0.374 e. The molecule has 17 heavy (non-hydrogen) atoms. The monoisotopic (exact) mass is 234 g/mol. The number of hydrogen-bond acceptors (Lipinski definition) is 5. The van der Waals surface area contributed by atoms with Gasteiger partial charge in [0.15, 0.2) is 0 Å². The third-order valence-electron chi connectivity index (χ3n) is 2.18. The predicted molar refractivity (Wildman–Crippen MR) is 65.7 cm³/mol. The van der Waals surface area contributed by atoms with E-state index in [2.05, 4.69) is 15.3 Å². The first-order chi connectivity index (χ1) is 7.96. The molecule has 0 radical (unpaired) electrons. The van der Waals surface area contributed by atoms with Gasteiger partial charge in [-0.2, -0.15) is 5.26 Å². The average Bonchev–Trinajstić information content (AvgIpc) is 2.26. The van der Waals surface area contributed by atoms with E-state index in [1.165, 1.54) is 0 Å². The molecule has 1 rings (SSSR count). The first-order valence-corrected chi connectivity index (χ1v) is 5.60. The van der Waals surface area contributed by atoms with Crippen molar-refractivity contribution in [3.05, 3.63) is 17.5 Å². The highest BCUT2D eigenvalue weighted by Gasteiger charge is 2.17. The minimum atomic E-state index is -0.283. The van der Waals surface area contributed by atoms with Crippen molar-refractivity contribution in [2.75, 3.05) is 18.5 Å². The number of rotatable bonds is 5. The second-order valence-electron chi connectivity index (χ2n) is 4.38. The highest BCUT2D eigenvalue weighted by molar-refractivity contribution is 5.33. The molecule has 0 aromatic carbocycles. The van der Waals surface area contributed by atoms with Crippen molar-refractivity contribution in [2.45, 2.75) is 33.3 Å². The first kappa shape index (κ1) is 13.4. The van der Waals surface area contributed by atoms with Crippen LogP contribution in [0.4, 0.5) is 5.95 Å². The van der Waals surface area contributed by atoms with Crippen molar-refractivity contribution in [3.8, 4) is 6.07 Å². The fraction of sp³-hybridized carbons (Fsp3) is 0.583. The van der Waals surface area contributed by atoms with E-state index in [0.717, 1.165) is 5.69 Å². The topological polar surface area (TPSA) is 70.8 Å². The van der Waals surface area contributed by atoms with Gasteiger partial charge in [-0.05, 0) is 33.8 Å². The molecule has 0 bridgehead atoms. The van der Waals surface area contributed by atoms with Gasteiger partial charge in [0.1, 0.15) is 11.8 Å². The molecule has 0 aliphatic rings. The van der Waals surface area contributed by atoms with Crippen LogP contribution in [0.1, 0.15) is 32.2 Å². The molecule has 0 spiro atoms. The zero-order valence-corrected chi connectivity index (χ0v) is 10.7. The van der Waals surface area contributed by atoms with Gasteiger partial charge in [-0.15, -0.1) is 0 Å². The second-order valence-corrected chi connectivity index (χ2v) is 4.38. The molecule has 0 unspecified atom stereocenters. The molecule has 1 aromatic rings. The van der Waals surface area contributed by atoms with Gasteiger partial charge in [-0.1, -0.05) is 0 Å². The van der Waals surface area contributed by atoms with Crippen molar-refractivity contribution in [3.63, 3.8) is 0 Å². The van der Waals surface area contributed by atoms with Gasteiger partial charge in [0.2, 0.25) is 5.95 Å². The Labute approximate surface area is 102 Å². The van der Waals surface area contributed by atoms with Gasteiger partial charge in [-0.3, -0.25) is 0 Å². The zero-order chi connectivity index (χ0) is 12.9. The summed E-state index contributed by atoms with van der Waals surface area (Å²) in [7, 11) is 0. The van der Waals surface area contributed by atoms with E-state index in [-0.39, 0.29) is 5.60 Å². The maximum Gasteiger partial charge on any atom is 0.224 e. The van der Waals surface area contributed by atoms with Gasteiger partial charge >= 0.3 is 0 Å². The minimum absolute atomic E-state index is 0.283. The second kappa shape index (κ2) is 5.60. The summed E-state index contributed by atoms with van der Waals surface area (Å²) in [6.07, 6.45) is 0. The molecule has 5 heteroatoms. The van der Waals surface area contributed by atoms with E-state index in [1.54, 1.807) is 6.07 Å². The molecular formula is C12H18N4O. The Kier molecular flexibility index (Phi) is 4.41. The van der Waals surface area contributed by atoms with Crippen LogP contribution in [0.3, 0.4) is 0 Å². The molecular weight excluding hydrogens is 216 g/mol. The summed E-state index contributed by atoms with van der Waals surface area (Å²) in [6.45, 7) is 9.02. The third-order valence-corrected chi connectivity index (χ3v) is 2.18. The highest BCUT2D eigenvalue weighted by atomic mass is 16.5. The van der Waals surface area contributed by atoms with Crippen LogP contribution in [-0.4, -0.2) is 28.7 Å². The van der Waals surface area contributed by atoms with Crippen LogP contribution < -0.4 is 5.32 Å². The van der Waals surface area contributed by atoms with Crippen LogP contribution in [0.25, 0.3) is 0 Å². The molecule has 92 valence electrons. The summed E-state index contributed by atoms with van der Waals surface area (Å²) in [5, 5.41) is 11.9. The maximum atomic E-state index is 8.81. The zero-order valence-electron chi connectivity index (χ0n) is 10.7. The summed E-state index contributed by atoms with van der Waals surface area (Å²) in [5.74, 6) is 0.467. The van der Waals surface area contributed by atoms with Crippen LogP contribution in [0.2, 0.25) is 0 Å². The molecule has 1 heterocycles. The van der Waals surface area contributed by atoms with Gasteiger partial charge < -0.3 is 10.1 Å². The molecule has 0 fully saturated rings. The molecule has 5 nitrogen and oxygen atoms in total. The van der Waals surface area contributed by atoms with Crippen LogP contribution in [0, 0.1) is 18.3 Å². The number of nitriles is 1. The van der Waals surface area contributed by atoms with E-state index >= 15 is 0 Å². The van der Waals surface area contributed by atoms with E-state index in [0.29, 0.717) is 24.8 Å². The molecule has 0 aliphatic heterocycles. The number of aromatic nitrogens is 2. The number of nitrogens with zero attached hydrogens (tertiary/aromatic N) is 3. The lowest BCUT2D eigenvalue weighted by Gasteiger charge is -2.24. The predicted octanol–water partition coefficient (Wildman–Crippen LogP) is 1.88. The molecule has 0 saturated carbocycles. The molecule has 0 saturated heterocycles. The standard InChI is InChI=1S/C12H18N4O/c1-5-17-12(3,4)8-14-11-15-9(2)6-10(7-13)16-11/h6H,5,8H2,1-4H3,(H,14,15,16). The third kappa shape index (κ3) is 4.37. The summed E-state index contributed by atoms with van der Waals surface area (Å²) < 4.78 is 5.55. The van der Waals surface area contributed by atoms with E-state index in [1.807, 2.05) is 33.8 Å². The Morgan fingerprint density at radius 1 is 1.47 bits per heavy atom. The van der Waals surface area contributed by atoms with Crippen molar-refractivity contribution in [1.82, 2.24) is 9.97 Å². The first-order valence-electron chi connectivity index (χ1n) is 5.60. The van der Waals surface area contributed by atoms with E-state index < -0.39 is 0 Å². The van der Waals surface area contributed by atoms with Crippen molar-refractivity contribution < 1.29 is 4.74 Å². The molecule has 1 aromatic heterocycles. The molecule has 1 N–H and O–H groups in total. The lowest BCUT2D eigenvalue weighted by Crippen LogP contribution is -2.33. The number of ether oxygens (including phenoxy) is 1. The number of hydrogen-bond donors (Lipinski definition) is 1. The van der Waals surface area contributed by atoms with Crippen molar-refractivity contribution >= 4 is 5.95 Å². The van der Waals surface area contributed by atoms with Crippen LogP contribution in [0.5, 0.6) is 0 Å². The van der Waals surface area contributed by atoms with Gasteiger partial charge in [0.25, 0.3) is 0 Å². The van der Waals surface area contributed by atoms with E-state index in [4.69, 9.17) is 10.00 Å². The summed E-state index contributed by atoms with van der Waals surface area (Å²) >= 11 is 0. The lowest BCUT2D eigenvalue weighted by atomic mass is 10.1. The highest BCUT2D eigenvalue weighted by Crippen LogP contribution is 2.10. The van der Waals surface area contributed by atoms with Crippen molar-refractivity contribution in [2.24, 2.45) is 0 Å². The van der Waals surface area contributed by atoms with Crippen LogP contribution in [-0.2, 0) is 4.74 Å². The quantitative estimate of drug-likeness (QED) is 0.842. The summed E-state index contributed by atoms with van der Waals surface area (Å²) in [6, 6.07) is 3.66. The smallest absolute Gasteiger partial charge is 0.224 e. The fourth-order valence-electron chi connectivity index (χ4n) is 1.44. The molecule has 0 aliphatic carbocycles. The van der Waals surface area contributed by atoms with E-state index in [9.17, 15) is 0 Å². The van der Waals surface area contributed by atoms with Crippen LogP contribution >= 0.6 is 0 Å². The van der Waals surface area contributed by atoms with Crippen molar-refractivity contribution in [1.29, 1.82) is 5.26 Å². The molecule has 0 amide bonds. The Morgan fingerprint density at radius 3 is 2.76 bits per heavy atom. The van der Waals surface area contributed by atoms with Gasteiger partial charge in [0.05, 0.1) is 5.60 Å². The van der Waals surface area contributed by atoms with Gasteiger partial charge in [-0.25, -0.2) is 9.97 Å². The Morgan fingerprint density at radius 2 is 2.18 bits per heavy atom. The van der Waals surface area contributed by atoms with Gasteiger partial charge in [0, 0.05) is 18.8 Å². The number of nitrogens with one attached hydrogen (secondary N) is 1. The maximum absolute atomic E-state index is 8.81. The largest absolute Gasteiger partial charge is 0.374 e. The number of aryl methyl sites for hydroxylation is 1. The number of anilines is 1.